The predicted molar refractivity (Wildman–Crippen MR) is 61.6 cm³/mol. The number of pyridine rings is 1. The molecule has 4 nitrogen and oxygen atoms in total. The number of hydrogen-bond acceptors (Lipinski definition) is 3. The van der Waals surface area contributed by atoms with E-state index in [0.717, 1.165) is 19.4 Å². The molecule has 1 saturated heterocycles. The SMILES string of the molecule is NCCC(=O)N1CCCC1c1ccncc1. The fourth-order valence-corrected chi connectivity index (χ4v) is 2.26. The maximum absolute atomic E-state index is 11.9. The molecule has 0 radical (unpaired) electrons. The molecule has 86 valence electrons. The Morgan fingerprint density at radius 1 is 1.50 bits per heavy atom. The van der Waals surface area contributed by atoms with Crippen molar-refractivity contribution in [2.45, 2.75) is 25.3 Å². The zero-order valence-corrected chi connectivity index (χ0v) is 9.30. The van der Waals surface area contributed by atoms with Crippen molar-refractivity contribution in [1.82, 2.24) is 9.88 Å². The number of aromatic nitrogens is 1. The third-order valence-electron chi connectivity index (χ3n) is 3.02. The summed E-state index contributed by atoms with van der Waals surface area (Å²) in [5, 5.41) is 0. The topological polar surface area (TPSA) is 59.2 Å². The van der Waals surface area contributed by atoms with Crippen LogP contribution in [0.5, 0.6) is 0 Å². The zero-order chi connectivity index (χ0) is 11.4. The highest BCUT2D eigenvalue weighted by molar-refractivity contribution is 5.77. The molecule has 2 rings (SSSR count). The van der Waals surface area contributed by atoms with Gasteiger partial charge in [-0.05, 0) is 30.5 Å². The van der Waals surface area contributed by atoms with Gasteiger partial charge in [0.05, 0.1) is 6.04 Å². The molecule has 0 bridgehead atoms. The highest BCUT2D eigenvalue weighted by Crippen LogP contribution is 2.31. The van der Waals surface area contributed by atoms with Crippen molar-refractivity contribution < 1.29 is 4.79 Å². The summed E-state index contributed by atoms with van der Waals surface area (Å²) in [6.45, 7) is 1.28. The quantitative estimate of drug-likeness (QED) is 0.828. The molecule has 1 unspecified atom stereocenters. The molecule has 2 N–H and O–H groups in total. The first-order valence-corrected chi connectivity index (χ1v) is 5.72. The van der Waals surface area contributed by atoms with Crippen molar-refractivity contribution in [3.63, 3.8) is 0 Å². The van der Waals surface area contributed by atoms with E-state index in [1.54, 1.807) is 12.4 Å². The summed E-state index contributed by atoms with van der Waals surface area (Å²) < 4.78 is 0. The van der Waals surface area contributed by atoms with Crippen LogP contribution in [0.25, 0.3) is 0 Å². The van der Waals surface area contributed by atoms with Crippen molar-refractivity contribution in [2.75, 3.05) is 13.1 Å². The van der Waals surface area contributed by atoms with Gasteiger partial charge in [0.15, 0.2) is 0 Å². The van der Waals surface area contributed by atoms with Gasteiger partial charge in [-0.25, -0.2) is 0 Å². The summed E-state index contributed by atoms with van der Waals surface area (Å²) >= 11 is 0. The van der Waals surface area contributed by atoms with Crippen molar-refractivity contribution in [3.8, 4) is 0 Å². The Morgan fingerprint density at radius 3 is 2.94 bits per heavy atom. The minimum absolute atomic E-state index is 0.168. The van der Waals surface area contributed by atoms with Gasteiger partial charge in [0.25, 0.3) is 0 Å². The molecule has 1 fully saturated rings. The van der Waals surface area contributed by atoms with Crippen molar-refractivity contribution in [3.05, 3.63) is 30.1 Å². The third kappa shape index (κ3) is 2.22. The number of hydrogen-bond donors (Lipinski definition) is 1. The Morgan fingerprint density at radius 2 is 2.25 bits per heavy atom. The third-order valence-corrected chi connectivity index (χ3v) is 3.02. The second-order valence-corrected chi connectivity index (χ2v) is 4.06. The minimum Gasteiger partial charge on any atom is -0.336 e. The summed E-state index contributed by atoms with van der Waals surface area (Å²) in [5.41, 5.74) is 6.60. The van der Waals surface area contributed by atoms with Crippen LogP contribution in [0.1, 0.15) is 30.9 Å². The average molecular weight is 219 g/mol. The average Bonchev–Trinajstić information content (AvgIpc) is 2.79. The number of likely N-dealkylation sites (tertiary alicyclic amines) is 1. The van der Waals surface area contributed by atoms with Gasteiger partial charge in [-0.3, -0.25) is 9.78 Å². The van der Waals surface area contributed by atoms with Crippen molar-refractivity contribution >= 4 is 5.91 Å². The van der Waals surface area contributed by atoms with Gasteiger partial charge in [0, 0.05) is 31.9 Å². The molecule has 1 amide bonds. The van der Waals surface area contributed by atoms with Gasteiger partial charge in [-0.1, -0.05) is 0 Å². The first kappa shape index (κ1) is 11.1. The molecule has 0 aliphatic carbocycles. The maximum atomic E-state index is 11.9. The molecular formula is C12H17N3O. The normalized spacial score (nSPS) is 20.1. The Labute approximate surface area is 95.5 Å². The fourth-order valence-electron chi connectivity index (χ4n) is 2.26. The largest absolute Gasteiger partial charge is 0.336 e. The van der Waals surface area contributed by atoms with Gasteiger partial charge < -0.3 is 10.6 Å². The molecule has 0 aromatic carbocycles. The van der Waals surface area contributed by atoms with Crippen LogP contribution in [0.4, 0.5) is 0 Å². The van der Waals surface area contributed by atoms with Gasteiger partial charge in [-0.15, -0.1) is 0 Å². The lowest BCUT2D eigenvalue weighted by Gasteiger charge is -2.24. The van der Waals surface area contributed by atoms with Crippen LogP contribution in [-0.2, 0) is 4.79 Å². The van der Waals surface area contributed by atoms with Crippen LogP contribution in [0, 0.1) is 0 Å². The highest BCUT2D eigenvalue weighted by Gasteiger charge is 2.28. The van der Waals surface area contributed by atoms with E-state index in [0.29, 0.717) is 13.0 Å². The summed E-state index contributed by atoms with van der Waals surface area (Å²) in [5.74, 6) is 0.168. The van der Waals surface area contributed by atoms with Crippen LogP contribution in [0.2, 0.25) is 0 Å². The number of carbonyl (C=O) groups excluding carboxylic acids is 1. The van der Waals surface area contributed by atoms with Gasteiger partial charge in [-0.2, -0.15) is 0 Å². The standard InChI is InChI=1S/C12H17N3O/c13-6-3-12(16)15-9-1-2-11(15)10-4-7-14-8-5-10/h4-5,7-8,11H,1-3,6,9,13H2. The minimum atomic E-state index is 0.168. The van der Waals surface area contributed by atoms with E-state index in [2.05, 4.69) is 4.98 Å². The van der Waals surface area contributed by atoms with Crippen LogP contribution < -0.4 is 5.73 Å². The molecule has 2 heterocycles. The molecule has 4 heteroatoms. The predicted octanol–water partition coefficient (Wildman–Crippen LogP) is 1.09. The van der Waals surface area contributed by atoms with E-state index in [1.165, 1.54) is 5.56 Å². The van der Waals surface area contributed by atoms with E-state index in [-0.39, 0.29) is 11.9 Å². The molecule has 1 aliphatic heterocycles. The monoisotopic (exact) mass is 219 g/mol. The number of rotatable bonds is 3. The van der Waals surface area contributed by atoms with E-state index < -0.39 is 0 Å². The molecule has 0 saturated carbocycles. The van der Waals surface area contributed by atoms with Crippen LogP contribution >= 0.6 is 0 Å². The second kappa shape index (κ2) is 5.07. The summed E-state index contributed by atoms with van der Waals surface area (Å²) in [6, 6.07) is 4.19. The van der Waals surface area contributed by atoms with Crippen LogP contribution in [0.15, 0.2) is 24.5 Å². The number of nitrogens with zero attached hydrogens (tertiary/aromatic N) is 2. The van der Waals surface area contributed by atoms with Crippen molar-refractivity contribution in [1.29, 1.82) is 0 Å². The number of carbonyl (C=O) groups is 1. The summed E-state index contributed by atoms with van der Waals surface area (Å²) in [7, 11) is 0. The summed E-state index contributed by atoms with van der Waals surface area (Å²) in [6.07, 6.45) is 6.11. The Balaban J connectivity index is 2.12. The van der Waals surface area contributed by atoms with Gasteiger partial charge in [0.2, 0.25) is 5.91 Å². The molecule has 1 aliphatic rings. The molecular weight excluding hydrogens is 202 g/mol. The Kier molecular flexibility index (Phi) is 3.51. The molecule has 16 heavy (non-hydrogen) atoms. The van der Waals surface area contributed by atoms with Crippen molar-refractivity contribution in [2.24, 2.45) is 5.73 Å². The molecule has 1 aromatic rings. The molecule has 0 spiro atoms. The van der Waals surface area contributed by atoms with Crippen LogP contribution in [0.3, 0.4) is 0 Å². The van der Waals surface area contributed by atoms with Gasteiger partial charge >= 0.3 is 0 Å². The lowest BCUT2D eigenvalue weighted by molar-refractivity contribution is -0.131. The van der Waals surface area contributed by atoms with E-state index in [1.807, 2.05) is 17.0 Å². The second-order valence-electron chi connectivity index (χ2n) is 4.06. The van der Waals surface area contributed by atoms with Gasteiger partial charge in [0.1, 0.15) is 0 Å². The Bertz CT molecular complexity index is 353. The smallest absolute Gasteiger partial charge is 0.224 e. The lowest BCUT2D eigenvalue weighted by Crippen LogP contribution is -2.31. The number of nitrogens with two attached hydrogens (primary N) is 1. The highest BCUT2D eigenvalue weighted by atomic mass is 16.2. The fraction of sp³-hybridized carbons (Fsp3) is 0.500. The molecule has 1 aromatic heterocycles. The van der Waals surface area contributed by atoms with E-state index in [9.17, 15) is 4.79 Å². The first-order chi connectivity index (χ1) is 7.83. The summed E-state index contributed by atoms with van der Waals surface area (Å²) in [4.78, 5) is 17.8. The zero-order valence-electron chi connectivity index (χ0n) is 9.30. The van der Waals surface area contributed by atoms with E-state index in [4.69, 9.17) is 5.73 Å². The Hall–Kier alpha value is -1.42. The van der Waals surface area contributed by atoms with Crippen LogP contribution in [-0.4, -0.2) is 28.9 Å². The lowest BCUT2D eigenvalue weighted by atomic mass is 10.1. The maximum Gasteiger partial charge on any atom is 0.224 e. The first-order valence-electron chi connectivity index (χ1n) is 5.72. The van der Waals surface area contributed by atoms with E-state index >= 15 is 0 Å². The molecule has 1 atom stereocenters. The number of amides is 1.